The molecule has 1 aromatic rings. The van der Waals surface area contributed by atoms with Crippen LogP contribution >= 0.6 is 0 Å². The minimum absolute atomic E-state index is 0.0138. The van der Waals surface area contributed by atoms with Gasteiger partial charge in [0.1, 0.15) is 5.75 Å². The van der Waals surface area contributed by atoms with Crippen LogP contribution in [0.2, 0.25) is 0 Å². The van der Waals surface area contributed by atoms with Gasteiger partial charge in [-0.15, -0.1) is 0 Å². The molecule has 0 aromatic heterocycles. The number of amides is 1. The van der Waals surface area contributed by atoms with Crippen LogP contribution in [0.1, 0.15) is 18.9 Å². The molecule has 0 aliphatic carbocycles. The second-order valence-corrected chi connectivity index (χ2v) is 4.46. The second-order valence-electron chi connectivity index (χ2n) is 4.46. The number of anilines is 1. The summed E-state index contributed by atoms with van der Waals surface area (Å²) in [6.07, 6.45) is 0.748. The van der Waals surface area contributed by atoms with E-state index in [0.29, 0.717) is 12.3 Å². The summed E-state index contributed by atoms with van der Waals surface area (Å²) in [7, 11) is 0. The number of aromatic hydroxyl groups is 1. The molecule has 4 heteroatoms. The molecule has 1 aliphatic heterocycles. The molecule has 0 radical (unpaired) electrons. The average molecular weight is 235 g/mol. The molecule has 0 bridgehead atoms. The molecule has 1 heterocycles. The normalized spacial score (nSPS) is 23.6. The number of hydrogen-bond acceptors (Lipinski definition) is 3. The molecular formula is C13H17NO3. The molecule has 2 N–H and O–H groups in total. The van der Waals surface area contributed by atoms with Gasteiger partial charge in [0.05, 0.1) is 12.0 Å². The predicted octanol–water partition coefficient (Wildman–Crippen LogP) is 2.06. The fourth-order valence-corrected chi connectivity index (χ4v) is 2.04. The fourth-order valence-electron chi connectivity index (χ4n) is 2.04. The Bertz CT molecular complexity index is 431. The number of nitrogens with one attached hydrogen (secondary N) is 1. The van der Waals surface area contributed by atoms with Crippen molar-refractivity contribution in [2.75, 3.05) is 11.9 Å². The first-order valence-electron chi connectivity index (χ1n) is 5.80. The summed E-state index contributed by atoms with van der Waals surface area (Å²) in [5.74, 6) is 0.143. The van der Waals surface area contributed by atoms with Crippen molar-refractivity contribution in [3.05, 3.63) is 23.8 Å². The number of ether oxygens (including phenoxy) is 1. The van der Waals surface area contributed by atoms with Crippen molar-refractivity contribution in [3.8, 4) is 5.75 Å². The Kier molecular flexibility index (Phi) is 3.33. The number of benzene rings is 1. The van der Waals surface area contributed by atoms with Gasteiger partial charge >= 0.3 is 0 Å². The van der Waals surface area contributed by atoms with Gasteiger partial charge in [-0.3, -0.25) is 4.79 Å². The summed E-state index contributed by atoms with van der Waals surface area (Å²) in [5.41, 5.74) is 1.46. The van der Waals surface area contributed by atoms with E-state index in [1.165, 1.54) is 0 Å². The maximum Gasteiger partial charge on any atom is 0.230 e. The van der Waals surface area contributed by atoms with Crippen LogP contribution in [-0.2, 0) is 9.53 Å². The lowest BCUT2D eigenvalue weighted by Crippen LogP contribution is -2.27. The highest BCUT2D eigenvalue weighted by Crippen LogP contribution is 2.24. The Morgan fingerprint density at radius 2 is 2.29 bits per heavy atom. The molecule has 0 saturated carbocycles. The van der Waals surface area contributed by atoms with Crippen LogP contribution < -0.4 is 5.32 Å². The Balaban J connectivity index is 2.05. The van der Waals surface area contributed by atoms with E-state index < -0.39 is 0 Å². The van der Waals surface area contributed by atoms with Crippen LogP contribution in [-0.4, -0.2) is 23.7 Å². The van der Waals surface area contributed by atoms with Crippen molar-refractivity contribution in [2.45, 2.75) is 26.4 Å². The van der Waals surface area contributed by atoms with E-state index in [1.807, 2.05) is 6.92 Å². The van der Waals surface area contributed by atoms with E-state index in [9.17, 15) is 9.90 Å². The van der Waals surface area contributed by atoms with Gasteiger partial charge in [0.2, 0.25) is 5.91 Å². The van der Waals surface area contributed by atoms with Gasteiger partial charge in [-0.05, 0) is 44.0 Å². The monoisotopic (exact) mass is 235 g/mol. The Morgan fingerprint density at radius 3 is 2.88 bits per heavy atom. The third kappa shape index (κ3) is 2.58. The zero-order chi connectivity index (χ0) is 12.4. The van der Waals surface area contributed by atoms with Gasteiger partial charge in [0.15, 0.2) is 0 Å². The van der Waals surface area contributed by atoms with Crippen LogP contribution in [0.3, 0.4) is 0 Å². The SMILES string of the molecule is Cc1cc(NC(=O)C2CCOC2C)ccc1O. The van der Waals surface area contributed by atoms with Crippen molar-refractivity contribution in [1.82, 2.24) is 0 Å². The highest BCUT2D eigenvalue weighted by Gasteiger charge is 2.30. The summed E-state index contributed by atoms with van der Waals surface area (Å²) in [5, 5.41) is 12.3. The predicted molar refractivity (Wildman–Crippen MR) is 65.0 cm³/mol. The average Bonchev–Trinajstić information content (AvgIpc) is 2.70. The summed E-state index contributed by atoms with van der Waals surface area (Å²) < 4.78 is 5.37. The zero-order valence-electron chi connectivity index (χ0n) is 10.1. The summed E-state index contributed by atoms with van der Waals surface area (Å²) in [4.78, 5) is 12.0. The van der Waals surface area contributed by atoms with Crippen LogP contribution in [0, 0.1) is 12.8 Å². The van der Waals surface area contributed by atoms with E-state index >= 15 is 0 Å². The molecule has 1 aliphatic rings. The maximum atomic E-state index is 12.0. The molecule has 92 valence electrons. The smallest absolute Gasteiger partial charge is 0.230 e. The third-order valence-corrected chi connectivity index (χ3v) is 3.18. The number of carbonyl (C=O) groups is 1. The van der Waals surface area contributed by atoms with Gasteiger partial charge in [0, 0.05) is 12.3 Å². The number of phenolic OH excluding ortho intramolecular Hbond substituents is 1. The summed E-state index contributed by atoms with van der Waals surface area (Å²) >= 11 is 0. The second kappa shape index (κ2) is 4.75. The molecule has 4 nitrogen and oxygen atoms in total. The number of rotatable bonds is 2. The van der Waals surface area contributed by atoms with E-state index in [-0.39, 0.29) is 23.7 Å². The van der Waals surface area contributed by atoms with E-state index in [0.717, 1.165) is 12.0 Å². The molecule has 2 rings (SSSR count). The molecular weight excluding hydrogens is 218 g/mol. The Labute approximate surface area is 101 Å². The lowest BCUT2D eigenvalue weighted by atomic mass is 10.0. The van der Waals surface area contributed by atoms with Crippen LogP contribution in [0.4, 0.5) is 5.69 Å². The first kappa shape index (κ1) is 11.9. The third-order valence-electron chi connectivity index (χ3n) is 3.18. The molecule has 1 saturated heterocycles. The number of phenols is 1. The molecule has 0 spiro atoms. The van der Waals surface area contributed by atoms with Crippen molar-refractivity contribution < 1.29 is 14.6 Å². The molecule has 1 aromatic carbocycles. The van der Waals surface area contributed by atoms with E-state index in [4.69, 9.17) is 4.74 Å². The number of hydrogen-bond donors (Lipinski definition) is 2. The lowest BCUT2D eigenvalue weighted by molar-refractivity contribution is -0.121. The molecule has 1 fully saturated rings. The highest BCUT2D eigenvalue weighted by molar-refractivity contribution is 5.93. The van der Waals surface area contributed by atoms with Crippen molar-refractivity contribution in [3.63, 3.8) is 0 Å². The largest absolute Gasteiger partial charge is 0.508 e. The molecule has 1 amide bonds. The van der Waals surface area contributed by atoms with Gasteiger partial charge < -0.3 is 15.2 Å². The lowest BCUT2D eigenvalue weighted by Gasteiger charge is -2.14. The van der Waals surface area contributed by atoms with Crippen LogP contribution in [0.25, 0.3) is 0 Å². The number of carbonyl (C=O) groups excluding carboxylic acids is 1. The van der Waals surface area contributed by atoms with Gasteiger partial charge in [-0.1, -0.05) is 0 Å². The summed E-state index contributed by atoms with van der Waals surface area (Å²) in [6.45, 7) is 4.36. The first-order chi connectivity index (χ1) is 8.08. The quantitative estimate of drug-likeness (QED) is 0.771. The van der Waals surface area contributed by atoms with E-state index in [1.54, 1.807) is 25.1 Å². The Hall–Kier alpha value is -1.55. The topological polar surface area (TPSA) is 58.6 Å². The van der Waals surface area contributed by atoms with Gasteiger partial charge in [-0.25, -0.2) is 0 Å². The van der Waals surface area contributed by atoms with Crippen molar-refractivity contribution >= 4 is 11.6 Å². The Morgan fingerprint density at radius 1 is 1.53 bits per heavy atom. The van der Waals surface area contributed by atoms with Gasteiger partial charge in [-0.2, -0.15) is 0 Å². The van der Waals surface area contributed by atoms with Crippen LogP contribution in [0.5, 0.6) is 5.75 Å². The minimum Gasteiger partial charge on any atom is -0.508 e. The summed E-state index contributed by atoms with van der Waals surface area (Å²) in [6, 6.07) is 5.04. The van der Waals surface area contributed by atoms with E-state index in [2.05, 4.69) is 5.32 Å². The maximum absolute atomic E-state index is 12.0. The highest BCUT2D eigenvalue weighted by atomic mass is 16.5. The molecule has 2 atom stereocenters. The van der Waals surface area contributed by atoms with Crippen LogP contribution in [0.15, 0.2) is 18.2 Å². The van der Waals surface area contributed by atoms with Crippen molar-refractivity contribution in [1.29, 1.82) is 0 Å². The fraction of sp³-hybridized carbons (Fsp3) is 0.462. The van der Waals surface area contributed by atoms with Crippen molar-refractivity contribution in [2.24, 2.45) is 5.92 Å². The van der Waals surface area contributed by atoms with Gasteiger partial charge in [0.25, 0.3) is 0 Å². The molecule has 17 heavy (non-hydrogen) atoms. The number of aryl methyl sites for hydroxylation is 1. The zero-order valence-corrected chi connectivity index (χ0v) is 10.1. The first-order valence-corrected chi connectivity index (χ1v) is 5.80. The standard InChI is InChI=1S/C13H17NO3/c1-8-7-10(3-4-12(8)15)14-13(16)11-5-6-17-9(11)2/h3-4,7,9,11,15H,5-6H2,1-2H3,(H,14,16). The minimum atomic E-state index is -0.0795. The molecule has 2 unspecified atom stereocenters.